The van der Waals surface area contributed by atoms with E-state index in [1.807, 2.05) is 30.3 Å². The van der Waals surface area contributed by atoms with Gasteiger partial charge in [0.15, 0.2) is 0 Å². The van der Waals surface area contributed by atoms with Gasteiger partial charge in [-0.1, -0.05) is 30.3 Å². The number of carbonyl (C=O) groups is 3. The largest absolute Gasteiger partial charge is 0.480 e. The van der Waals surface area contributed by atoms with Gasteiger partial charge in [-0.3, -0.25) is 9.69 Å². The first kappa shape index (κ1) is 19.8. The Morgan fingerprint density at radius 2 is 1.92 bits per heavy atom. The maximum Gasteiger partial charge on any atom is 0.410 e. The van der Waals surface area contributed by atoms with Crippen LogP contribution < -0.4 is 5.32 Å². The zero-order valence-corrected chi connectivity index (χ0v) is 15.4. The Kier molecular flexibility index (Phi) is 6.23. The van der Waals surface area contributed by atoms with Crippen molar-refractivity contribution in [1.29, 1.82) is 0 Å². The second-order valence-electron chi connectivity index (χ2n) is 7.42. The number of amides is 2. The summed E-state index contributed by atoms with van der Waals surface area (Å²) in [6.45, 7) is 5.70. The Morgan fingerprint density at radius 1 is 1.27 bits per heavy atom. The second kappa shape index (κ2) is 8.21. The van der Waals surface area contributed by atoms with Crippen molar-refractivity contribution in [3.8, 4) is 0 Å². The number of rotatable bonds is 5. The molecule has 0 saturated carbocycles. The van der Waals surface area contributed by atoms with Crippen molar-refractivity contribution < 1.29 is 24.2 Å². The summed E-state index contributed by atoms with van der Waals surface area (Å²) in [5.41, 5.74) is 0.160. The summed E-state index contributed by atoms with van der Waals surface area (Å²) in [4.78, 5) is 37.8. The number of carbonyl (C=O) groups excluding carboxylic acids is 2. The molecule has 1 aromatic carbocycles. The van der Waals surface area contributed by atoms with E-state index in [2.05, 4.69) is 5.32 Å². The van der Waals surface area contributed by atoms with Crippen molar-refractivity contribution in [3.05, 3.63) is 35.9 Å². The van der Waals surface area contributed by atoms with Gasteiger partial charge in [-0.25, -0.2) is 9.59 Å². The SMILES string of the molecule is CC(C)(C)OC(=O)N1CCC[C@@H]1C(=O)N[C@H](Cc1ccccc1)C(=O)O. The highest BCUT2D eigenvalue weighted by Crippen LogP contribution is 2.21. The Bertz CT molecular complexity index is 654. The summed E-state index contributed by atoms with van der Waals surface area (Å²) in [6.07, 6.45) is 0.794. The van der Waals surface area contributed by atoms with Gasteiger partial charge in [0.2, 0.25) is 5.91 Å². The second-order valence-corrected chi connectivity index (χ2v) is 7.42. The summed E-state index contributed by atoms with van der Waals surface area (Å²) in [5.74, 6) is -1.57. The van der Waals surface area contributed by atoms with Crippen LogP contribution in [0.3, 0.4) is 0 Å². The number of benzene rings is 1. The molecular formula is C19H26N2O5. The number of ether oxygens (including phenoxy) is 1. The normalized spacial score (nSPS) is 18.3. The summed E-state index contributed by atoms with van der Waals surface area (Å²) in [7, 11) is 0. The number of aliphatic carboxylic acids is 1. The molecule has 1 saturated heterocycles. The van der Waals surface area contributed by atoms with Gasteiger partial charge in [-0.05, 0) is 39.2 Å². The van der Waals surface area contributed by atoms with E-state index in [9.17, 15) is 19.5 Å². The molecule has 0 radical (unpaired) electrons. The average molecular weight is 362 g/mol. The maximum atomic E-state index is 12.6. The summed E-state index contributed by atoms with van der Waals surface area (Å²) < 4.78 is 5.34. The molecule has 0 unspecified atom stereocenters. The molecule has 0 bridgehead atoms. The van der Waals surface area contributed by atoms with Crippen molar-refractivity contribution in [2.45, 2.75) is 57.7 Å². The molecule has 2 N–H and O–H groups in total. The van der Waals surface area contributed by atoms with Crippen LogP contribution in [0.25, 0.3) is 0 Å². The fourth-order valence-corrected chi connectivity index (χ4v) is 2.90. The van der Waals surface area contributed by atoms with E-state index in [1.54, 1.807) is 20.8 Å². The minimum Gasteiger partial charge on any atom is -0.480 e. The van der Waals surface area contributed by atoms with E-state index in [0.29, 0.717) is 19.4 Å². The lowest BCUT2D eigenvalue weighted by Crippen LogP contribution is -2.52. The third-order valence-electron chi connectivity index (χ3n) is 4.08. The molecule has 142 valence electrons. The summed E-state index contributed by atoms with van der Waals surface area (Å²) >= 11 is 0. The monoisotopic (exact) mass is 362 g/mol. The molecule has 7 nitrogen and oxygen atoms in total. The smallest absolute Gasteiger partial charge is 0.410 e. The van der Waals surface area contributed by atoms with Crippen molar-refractivity contribution in [3.63, 3.8) is 0 Å². The van der Waals surface area contributed by atoms with Gasteiger partial charge in [-0.2, -0.15) is 0 Å². The van der Waals surface area contributed by atoms with Crippen LogP contribution in [0.2, 0.25) is 0 Å². The van der Waals surface area contributed by atoms with Crippen LogP contribution in [0.1, 0.15) is 39.2 Å². The highest BCUT2D eigenvalue weighted by Gasteiger charge is 2.37. The Hall–Kier alpha value is -2.57. The standard InChI is InChI=1S/C19H26N2O5/c1-19(2,3)26-18(25)21-11-7-10-15(21)16(22)20-14(17(23)24)12-13-8-5-4-6-9-13/h4-6,8-9,14-15H,7,10-12H2,1-3H3,(H,20,22)(H,23,24)/t14-,15-/m1/s1. The van der Waals surface area contributed by atoms with Crippen LogP contribution in [0, 0.1) is 0 Å². The lowest BCUT2D eigenvalue weighted by molar-refractivity contribution is -0.142. The van der Waals surface area contributed by atoms with E-state index >= 15 is 0 Å². The number of nitrogens with one attached hydrogen (secondary N) is 1. The Labute approximate surface area is 153 Å². The van der Waals surface area contributed by atoms with E-state index < -0.39 is 35.7 Å². The predicted octanol–water partition coefficient (Wildman–Crippen LogP) is 2.20. The van der Waals surface area contributed by atoms with Gasteiger partial charge in [0, 0.05) is 13.0 Å². The van der Waals surface area contributed by atoms with Crippen LogP contribution in [-0.4, -0.2) is 52.2 Å². The topological polar surface area (TPSA) is 95.9 Å². The van der Waals surface area contributed by atoms with Crippen LogP contribution in [0.5, 0.6) is 0 Å². The zero-order chi connectivity index (χ0) is 19.3. The number of hydrogen-bond donors (Lipinski definition) is 2. The minimum atomic E-state index is -1.11. The molecule has 7 heteroatoms. The zero-order valence-electron chi connectivity index (χ0n) is 15.4. The van der Waals surface area contributed by atoms with Gasteiger partial charge in [-0.15, -0.1) is 0 Å². The van der Waals surface area contributed by atoms with Crippen LogP contribution >= 0.6 is 0 Å². The van der Waals surface area contributed by atoms with Gasteiger partial charge < -0.3 is 15.2 Å². The van der Waals surface area contributed by atoms with Gasteiger partial charge in [0.1, 0.15) is 17.7 Å². The number of hydrogen-bond acceptors (Lipinski definition) is 4. The number of nitrogens with zero attached hydrogens (tertiary/aromatic N) is 1. The molecule has 1 heterocycles. The van der Waals surface area contributed by atoms with E-state index in [0.717, 1.165) is 5.56 Å². The molecule has 1 fully saturated rings. The van der Waals surface area contributed by atoms with E-state index in [4.69, 9.17) is 4.74 Å². The first-order valence-corrected chi connectivity index (χ1v) is 8.74. The summed E-state index contributed by atoms with van der Waals surface area (Å²) in [6, 6.07) is 7.34. The molecule has 2 rings (SSSR count). The fraction of sp³-hybridized carbons (Fsp3) is 0.526. The van der Waals surface area contributed by atoms with E-state index in [1.165, 1.54) is 4.90 Å². The third-order valence-corrected chi connectivity index (χ3v) is 4.08. The summed E-state index contributed by atoms with van der Waals surface area (Å²) in [5, 5.41) is 12.0. The molecule has 0 aromatic heterocycles. The molecule has 0 aliphatic carbocycles. The first-order chi connectivity index (χ1) is 12.2. The molecular weight excluding hydrogens is 336 g/mol. The number of carboxylic acid groups (broad SMARTS) is 1. The minimum absolute atomic E-state index is 0.182. The van der Waals surface area contributed by atoms with Crippen molar-refractivity contribution >= 4 is 18.0 Å². The molecule has 0 spiro atoms. The molecule has 2 amide bonds. The molecule has 1 aliphatic heterocycles. The highest BCUT2D eigenvalue weighted by molar-refractivity contribution is 5.89. The molecule has 2 atom stereocenters. The highest BCUT2D eigenvalue weighted by atomic mass is 16.6. The Morgan fingerprint density at radius 3 is 2.50 bits per heavy atom. The van der Waals surface area contributed by atoms with Crippen molar-refractivity contribution in [2.24, 2.45) is 0 Å². The van der Waals surface area contributed by atoms with Crippen molar-refractivity contribution in [2.75, 3.05) is 6.54 Å². The average Bonchev–Trinajstić information content (AvgIpc) is 3.03. The van der Waals surface area contributed by atoms with E-state index in [-0.39, 0.29) is 6.42 Å². The van der Waals surface area contributed by atoms with Crippen LogP contribution in [0.4, 0.5) is 4.79 Å². The molecule has 1 aromatic rings. The lowest BCUT2D eigenvalue weighted by atomic mass is 10.1. The Balaban J connectivity index is 2.03. The predicted molar refractivity (Wildman–Crippen MR) is 95.7 cm³/mol. The van der Waals surface area contributed by atoms with Crippen LogP contribution in [-0.2, 0) is 20.7 Å². The van der Waals surface area contributed by atoms with Gasteiger partial charge in [0.05, 0.1) is 0 Å². The van der Waals surface area contributed by atoms with Gasteiger partial charge >= 0.3 is 12.1 Å². The third kappa shape index (κ3) is 5.47. The fourth-order valence-electron chi connectivity index (χ4n) is 2.90. The first-order valence-electron chi connectivity index (χ1n) is 8.74. The lowest BCUT2D eigenvalue weighted by Gasteiger charge is -2.28. The maximum absolute atomic E-state index is 12.6. The number of likely N-dealkylation sites (tertiary alicyclic amines) is 1. The van der Waals surface area contributed by atoms with Crippen LogP contribution in [0.15, 0.2) is 30.3 Å². The van der Waals surface area contributed by atoms with Gasteiger partial charge in [0.25, 0.3) is 0 Å². The molecule has 1 aliphatic rings. The molecule has 26 heavy (non-hydrogen) atoms. The number of carboxylic acids is 1. The van der Waals surface area contributed by atoms with Crippen molar-refractivity contribution in [1.82, 2.24) is 10.2 Å². The quantitative estimate of drug-likeness (QED) is 0.837.